The summed E-state index contributed by atoms with van der Waals surface area (Å²) in [6.45, 7) is 0. The van der Waals surface area contributed by atoms with Gasteiger partial charge in [0.25, 0.3) is 0 Å². The fraction of sp³-hybridized carbons (Fsp3) is 0. The molecule has 13 aromatic rings. The number of hydrogen-bond acceptors (Lipinski definition) is 4. The van der Waals surface area contributed by atoms with Crippen molar-refractivity contribution in [2.45, 2.75) is 0 Å². The van der Waals surface area contributed by atoms with Gasteiger partial charge in [0, 0.05) is 54.7 Å². The Hall–Kier alpha value is -8.61. The van der Waals surface area contributed by atoms with Gasteiger partial charge in [-0.25, -0.2) is 15.0 Å². The third kappa shape index (κ3) is 5.55. The first-order valence-electron chi connectivity index (χ1n) is 21.2. The number of rotatable bonds is 6. The molecule has 0 aliphatic heterocycles. The van der Waals surface area contributed by atoms with E-state index in [9.17, 15) is 0 Å². The molecule has 4 heterocycles. The zero-order valence-corrected chi connectivity index (χ0v) is 33.9. The molecular weight excluding hydrogens is 771 g/mol. The van der Waals surface area contributed by atoms with E-state index in [1.165, 1.54) is 21.8 Å². The molecule has 0 amide bonds. The van der Waals surface area contributed by atoms with Gasteiger partial charge in [0.2, 0.25) is 0 Å². The average molecular weight is 806 g/mol. The Kier molecular flexibility index (Phi) is 7.80. The lowest BCUT2D eigenvalue weighted by Gasteiger charge is -2.17. The Morgan fingerprint density at radius 1 is 0.317 bits per heavy atom. The number of benzene rings is 9. The molecule has 0 N–H and O–H groups in total. The second-order valence-electron chi connectivity index (χ2n) is 16.0. The minimum atomic E-state index is 0.572. The highest BCUT2D eigenvalue weighted by molar-refractivity contribution is 6.13. The quantitative estimate of drug-likeness (QED) is 0.168. The molecular formula is C57H35N5O. The van der Waals surface area contributed by atoms with E-state index in [0.29, 0.717) is 17.5 Å². The summed E-state index contributed by atoms with van der Waals surface area (Å²) in [6.07, 6.45) is 0. The third-order valence-corrected chi connectivity index (χ3v) is 12.4. The summed E-state index contributed by atoms with van der Waals surface area (Å²) in [5.74, 6) is 1.74. The van der Waals surface area contributed by atoms with E-state index in [2.05, 4.69) is 173 Å². The number of aromatic nitrogens is 5. The molecule has 0 unspecified atom stereocenters. The normalized spacial score (nSPS) is 11.8. The molecule has 6 heteroatoms. The van der Waals surface area contributed by atoms with Gasteiger partial charge in [-0.05, 0) is 65.7 Å². The van der Waals surface area contributed by atoms with Crippen LogP contribution in [0.2, 0.25) is 0 Å². The van der Waals surface area contributed by atoms with Crippen molar-refractivity contribution < 1.29 is 4.42 Å². The number of nitrogens with zero attached hydrogens (tertiary/aromatic N) is 5. The Labute approximate surface area is 361 Å². The van der Waals surface area contributed by atoms with Crippen molar-refractivity contribution in [2.75, 3.05) is 0 Å². The SMILES string of the molecule is c1ccc(-c2ccc(-c3nc(-c4ccccc4)nc(-c4cccc5oc6ccccc6c45)n3)c(-n3c4ccccc4c4ccc(-n5c6ccccc6c6ccccc65)cc43)c2)cc1. The largest absolute Gasteiger partial charge is 0.456 e. The van der Waals surface area contributed by atoms with E-state index in [1.807, 2.05) is 48.5 Å². The summed E-state index contributed by atoms with van der Waals surface area (Å²) in [4.78, 5) is 15.9. The van der Waals surface area contributed by atoms with Gasteiger partial charge in [0.05, 0.1) is 27.8 Å². The third-order valence-electron chi connectivity index (χ3n) is 12.4. The molecule has 13 rings (SSSR count). The lowest BCUT2D eigenvalue weighted by molar-refractivity contribution is 0.669. The molecule has 0 spiro atoms. The van der Waals surface area contributed by atoms with Gasteiger partial charge >= 0.3 is 0 Å². The van der Waals surface area contributed by atoms with Gasteiger partial charge in [-0.1, -0.05) is 158 Å². The standard InChI is InChI=1S/C57H35N5O/c1-3-16-36(17-4-1)38-30-32-44(56-58-55(37-18-5-2-6-19-37)59-57(60-56)46-24-15-29-53-54(46)45-23-10-14-28-52(45)63-53)50(34-38)62-49-27-13-9-22-42(49)43-33-31-39(35-51(43)62)61-47-25-11-7-20-40(47)41-21-8-12-26-48(41)61/h1-35H. The zero-order chi connectivity index (χ0) is 41.4. The first-order chi connectivity index (χ1) is 31.2. The highest BCUT2D eigenvalue weighted by Gasteiger charge is 2.23. The number of furan rings is 1. The van der Waals surface area contributed by atoms with E-state index in [-0.39, 0.29) is 0 Å². The van der Waals surface area contributed by atoms with Crippen LogP contribution in [0.5, 0.6) is 0 Å². The van der Waals surface area contributed by atoms with Gasteiger partial charge in [-0.15, -0.1) is 0 Å². The molecule has 0 bridgehead atoms. The van der Waals surface area contributed by atoms with Crippen molar-refractivity contribution in [3.05, 3.63) is 212 Å². The summed E-state index contributed by atoms with van der Waals surface area (Å²) in [6, 6.07) is 74.5. The first-order valence-corrected chi connectivity index (χ1v) is 21.2. The van der Waals surface area contributed by atoms with Crippen LogP contribution >= 0.6 is 0 Å². The van der Waals surface area contributed by atoms with Crippen LogP contribution in [-0.4, -0.2) is 24.1 Å². The fourth-order valence-electron chi connectivity index (χ4n) is 9.57. The maximum absolute atomic E-state index is 6.36. The van der Waals surface area contributed by atoms with Gasteiger partial charge in [0.1, 0.15) is 11.2 Å². The fourth-order valence-corrected chi connectivity index (χ4v) is 9.57. The van der Waals surface area contributed by atoms with Crippen LogP contribution in [0.25, 0.3) is 122 Å². The second-order valence-corrected chi connectivity index (χ2v) is 16.0. The molecule has 0 aliphatic rings. The molecule has 6 nitrogen and oxygen atoms in total. The van der Waals surface area contributed by atoms with Crippen molar-refractivity contribution >= 4 is 65.6 Å². The molecule has 4 aromatic heterocycles. The van der Waals surface area contributed by atoms with Crippen molar-refractivity contribution in [2.24, 2.45) is 0 Å². The molecule has 0 saturated carbocycles. The van der Waals surface area contributed by atoms with Crippen LogP contribution in [0.3, 0.4) is 0 Å². The maximum atomic E-state index is 6.36. The molecule has 0 fully saturated rings. The monoisotopic (exact) mass is 805 g/mol. The molecule has 0 aliphatic carbocycles. The van der Waals surface area contributed by atoms with E-state index < -0.39 is 0 Å². The van der Waals surface area contributed by atoms with Crippen LogP contribution in [0, 0.1) is 0 Å². The molecule has 0 saturated heterocycles. The molecule has 9 aromatic carbocycles. The van der Waals surface area contributed by atoms with Crippen molar-refractivity contribution in [3.8, 4) is 56.7 Å². The highest BCUT2D eigenvalue weighted by atomic mass is 16.3. The second kappa shape index (κ2) is 14.0. The lowest BCUT2D eigenvalue weighted by Crippen LogP contribution is -2.04. The Morgan fingerprint density at radius 3 is 1.56 bits per heavy atom. The van der Waals surface area contributed by atoms with E-state index in [4.69, 9.17) is 19.4 Å². The number of para-hydroxylation sites is 4. The van der Waals surface area contributed by atoms with Crippen molar-refractivity contribution in [1.29, 1.82) is 0 Å². The van der Waals surface area contributed by atoms with Crippen molar-refractivity contribution in [1.82, 2.24) is 24.1 Å². The van der Waals surface area contributed by atoms with Gasteiger partial charge in [0.15, 0.2) is 17.5 Å². The van der Waals surface area contributed by atoms with E-state index in [1.54, 1.807) is 0 Å². The molecule has 294 valence electrons. The van der Waals surface area contributed by atoms with Crippen LogP contribution in [0.1, 0.15) is 0 Å². The van der Waals surface area contributed by atoms with E-state index in [0.717, 1.165) is 82.9 Å². The minimum absolute atomic E-state index is 0.572. The Balaban J connectivity index is 1.12. The topological polar surface area (TPSA) is 61.7 Å². The minimum Gasteiger partial charge on any atom is -0.456 e. The molecule has 63 heavy (non-hydrogen) atoms. The Morgan fingerprint density at radius 2 is 0.857 bits per heavy atom. The predicted molar refractivity (Wildman–Crippen MR) is 258 cm³/mol. The summed E-state index contributed by atoms with van der Waals surface area (Å²) in [5, 5.41) is 6.77. The lowest BCUT2D eigenvalue weighted by atomic mass is 10.0. The van der Waals surface area contributed by atoms with Crippen molar-refractivity contribution in [3.63, 3.8) is 0 Å². The van der Waals surface area contributed by atoms with Crippen LogP contribution in [-0.2, 0) is 0 Å². The zero-order valence-electron chi connectivity index (χ0n) is 33.9. The van der Waals surface area contributed by atoms with E-state index >= 15 is 0 Å². The highest BCUT2D eigenvalue weighted by Crippen LogP contribution is 2.41. The summed E-state index contributed by atoms with van der Waals surface area (Å²) < 4.78 is 11.1. The smallest absolute Gasteiger partial charge is 0.166 e. The number of fused-ring (bicyclic) bond motifs is 9. The van der Waals surface area contributed by atoms with Crippen LogP contribution in [0.4, 0.5) is 0 Å². The van der Waals surface area contributed by atoms with Crippen LogP contribution < -0.4 is 0 Å². The molecule has 0 radical (unpaired) electrons. The van der Waals surface area contributed by atoms with Gasteiger partial charge in [-0.2, -0.15) is 0 Å². The predicted octanol–water partition coefficient (Wildman–Crippen LogP) is 14.6. The summed E-state index contributed by atoms with van der Waals surface area (Å²) in [7, 11) is 0. The average Bonchev–Trinajstić information content (AvgIpc) is 4.02. The summed E-state index contributed by atoms with van der Waals surface area (Å²) >= 11 is 0. The number of hydrogen-bond donors (Lipinski definition) is 0. The van der Waals surface area contributed by atoms with Crippen LogP contribution in [0.15, 0.2) is 217 Å². The maximum Gasteiger partial charge on any atom is 0.166 e. The molecule has 0 atom stereocenters. The first kappa shape index (κ1) is 35.2. The Bertz CT molecular complexity index is 3860. The summed E-state index contributed by atoms with van der Waals surface area (Å²) in [5.41, 5.74) is 13.0. The van der Waals surface area contributed by atoms with Gasteiger partial charge in [-0.3, -0.25) is 0 Å². The van der Waals surface area contributed by atoms with Gasteiger partial charge < -0.3 is 13.6 Å².